The molecule has 2 aliphatic rings. The van der Waals surface area contributed by atoms with Crippen LogP contribution in [0.1, 0.15) is 39.0 Å². The Balaban J connectivity index is 1.72. The zero-order valence-electron chi connectivity index (χ0n) is 9.54. The molecule has 0 aliphatic heterocycles. The second-order valence-electron chi connectivity index (χ2n) is 5.28. The molecule has 2 aliphatic carbocycles. The lowest BCUT2D eigenvalue weighted by Gasteiger charge is -2.26. The maximum absolute atomic E-state index is 11.8. The van der Waals surface area contributed by atoms with E-state index in [1.807, 2.05) is 0 Å². The van der Waals surface area contributed by atoms with E-state index in [2.05, 4.69) is 12.2 Å². The van der Waals surface area contributed by atoms with Gasteiger partial charge in [0.05, 0.1) is 0 Å². The van der Waals surface area contributed by atoms with Gasteiger partial charge in [0.2, 0.25) is 5.91 Å². The van der Waals surface area contributed by atoms with E-state index in [0.717, 1.165) is 32.2 Å². The van der Waals surface area contributed by atoms with Crippen LogP contribution in [0.2, 0.25) is 0 Å². The van der Waals surface area contributed by atoms with E-state index in [1.165, 1.54) is 6.42 Å². The predicted molar refractivity (Wildman–Crippen MR) is 60.2 cm³/mol. The molecule has 2 atom stereocenters. The molecule has 0 bridgehead atoms. The van der Waals surface area contributed by atoms with E-state index in [1.54, 1.807) is 0 Å². The third-order valence-corrected chi connectivity index (χ3v) is 3.99. The number of rotatable bonds is 3. The molecule has 0 heterocycles. The van der Waals surface area contributed by atoms with Crippen molar-refractivity contribution in [1.29, 1.82) is 0 Å². The summed E-state index contributed by atoms with van der Waals surface area (Å²) in [5.41, 5.74) is 5.63. The van der Waals surface area contributed by atoms with E-state index in [0.29, 0.717) is 23.8 Å². The Morgan fingerprint density at radius 3 is 2.40 bits per heavy atom. The van der Waals surface area contributed by atoms with E-state index in [9.17, 15) is 4.79 Å². The Kier molecular flexibility index (Phi) is 3.29. The summed E-state index contributed by atoms with van der Waals surface area (Å²) in [7, 11) is 0. The van der Waals surface area contributed by atoms with Crippen LogP contribution in [0, 0.1) is 17.8 Å². The molecule has 2 unspecified atom stereocenters. The van der Waals surface area contributed by atoms with Gasteiger partial charge in [-0.05, 0) is 50.5 Å². The van der Waals surface area contributed by atoms with Crippen molar-refractivity contribution in [3.63, 3.8) is 0 Å². The average Bonchev–Trinajstić information content (AvgIpc) is 2.94. The lowest BCUT2D eigenvalue weighted by atomic mass is 9.81. The second-order valence-corrected chi connectivity index (χ2v) is 5.28. The number of nitrogens with one attached hydrogen (secondary N) is 1. The lowest BCUT2D eigenvalue weighted by molar-refractivity contribution is -0.126. The van der Waals surface area contributed by atoms with Gasteiger partial charge in [-0.25, -0.2) is 0 Å². The molecular formula is C12H22N2O. The summed E-state index contributed by atoms with van der Waals surface area (Å²) < 4.78 is 0. The van der Waals surface area contributed by atoms with E-state index in [4.69, 9.17) is 5.73 Å². The van der Waals surface area contributed by atoms with Crippen LogP contribution in [0.25, 0.3) is 0 Å². The topological polar surface area (TPSA) is 55.1 Å². The fourth-order valence-corrected chi connectivity index (χ4v) is 2.48. The number of hydrogen-bond donors (Lipinski definition) is 2. The molecular weight excluding hydrogens is 188 g/mol. The quantitative estimate of drug-likeness (QED) is 0.737. The minimum atomic E-state index is 0.264. The maximum atomic E-state index is 11.8. The van der Waals surface area contributed by atoms with Crippen molar-refractivity contribution >= 4 is 5.91 Å². The van der Waals surface area contributed by atoms with Crippen molar-refractivity contribution in [3.8, 4) is 0 Å². The van der Waals surface area contributed by atoms with Crippen molar-refractivity contribution in [1.82, 2.24) is 5.32 Å². The first-order valence-corrected chi connectivity index (χ1v) is 6.21. The largest absolute Gasteiger partial charge is 0.353 e. The highest BCUT2D eigenvalue weighted by Crippen LogP contribution is 2.32. The standard InChI is InChI=1S/C12H22N2O/c1-8-6-11(8)14-12(15)10-4-2-9(7-13)3-5-10/h8-11H,2-7,13H2,1H3,(H,14,15). The number of nitrogens with two attached hydrogens (primary N) is 1. The van der Waals surface area contributed by atoms with E-state index >= 15 is 0 Å². The first kappa shape index (κ1) is 10.9. The zero-order chi connectivity index (χ0) is 10.8. The van der Waals surface area contributed by atoms with Crippen LogP contribution >= 0.6 is 0 Å². The zero-order valence-corrected chi connectivity index (χ0v) is 9.54. The highest BCUT2D eigenvalue weighted by molar-refractivity contribution is 5.79. The predicted octanol–water partition coefficient (Wildman–Crippen LogP) is 1.28. The Labute approximate surface area is 91.8 Å². The summed E-state index contributed by atoms with van der Waals surface area (Å²) in [5.74, 6) is 1.92. The minimum absolute atomic E-state index is 0.264. The van der Waals surface area contributed by atoms with E-state index in [-0.39, 0.29) is 5.92 Å². The van der Waals surface area contributed by atoms with Crippen LogP contribution < -0.4 is 11.1 Å². The van der Waals surface area contributed by atoms with Crippen LogP contribution in [0.5, 0.6) is 0 Å². The van der Waals surface area contributed by atoms with Gasteiger partial charge < -0.3 is 11.1 Å². The van der Waals surface area contributed by atoms with E-state index < -0.39 is 0 Å². The number of amides is 1. The fraction of sp³-hybridized carbons (Fsp3) is 0.917. The summed E-state index contributed by atoms with van der Waals surface area (Å²) in [6.07, 6.45) is 5.51. The minimum Gasteiger partial charge on any atom is -0.353 e. The van der Waals surface area contributed by atoms with Gasteiger partial charge in [-0.15, -0.1) is 0 Å². The molecule has 0 aromatic carbocycles. The Bertz CT molecular complexity index is 234. The van der Waals surface area contributed by atoms with Gasteiger partial charge in [0.15, 0.2) is 0 Å². The summed E-state index contributed by atoms with van der Waals surface area (Å²) in [4.78, 5) is 11.8. The molecule has 2 fully saturated rings. The number of carbonyl (C=O) groups excluding carboxylic acids is 1. The van der Waals surface area contributed by atoms with Gasteiger partial charge in [0.1, 0.15) is 0 Å². The first-order valence-electron chi connectivity index (χ1n) is 6.21. The van der Waals surface area contributed by atoms with Crippen LogP contribution in [0.4, 0.5) is 0 Å². The molecule has 86 valence electrons. The third-order valence-electron chi connectivity index (χ3n) is 3.99. The molecule has 0 aromatic rings. The van der Waals surface area contributed by atoms with Crippen molar-refractivity contribution in [2.45, 2.75) is 45.1 Å². The van der Waals surface area contributed by atoms with Gasteiger partial charge in [0.25, 0.3) is 0 Å². The van der Waals surface area contributed by atoms with Crippen LogP contribution in [-0.2, 0) is 4.79 Å². The SMILES string of the molecule is CC1CC1NC(=O)C1CCC(CN)CC1. The Morgan fingerprint density at radius 2 is 1.93 bits per heavy atom. The molecule has 2 saturated carbocycles. The molecule has 0 saturated heterocycles. The monoisotopic (exact) mass is 210 g/mol. The molecule has 1 amide bonds. The number of hydrogen-bond acceptors (Lipinski definition) is 2. The lowest BCUT2D eigenvalue weighted by Crippen LogP contribution is -2.35. The first-order chi connectivity index (χ1) is 7.20. The van der Waals surface area contributed by atoms with Gasteiger partial charge in [-0.3, -0.25) is 4.79 Å². The molecule has 3 heteroatoms. The third kappa shape index (κ3) is 2.71. The van der Waals surface area contributed by atoms with Gasteiger partial charge >= 0.3 is 0 Å². The number of carbonyl (C=O) groups is 1. The summed E-state index contributed by atoms with van der Waals surface area (Å²) in [6, 6.07) is 0.477. The second kappa shape index (κ2) is 4.52. The molecule has 15 heavy (non-hydrogen) atoms. The Hall–Kier alpha value is -0.570. The van der Waals surface area contributed by atoms with Crippen molar-refractivity contribution in [2.75, 3.05) is 6.54 Å². The van der Waals surface area contributed by atoms with Crippen molar-refractivity contribution < 1.29 is 4.79 Å². The molecule has 3 N–H and O–H groups in total. The smallest absolute Gasteiger partial charge is 0.223 e. The maximum Gasteiger partial charge on any atom is 0.223 e. The van der Waals surface area contributed by atoms with Crippen molar-refractivity contribution in [3.05, 3.63) is 0 Å². The molecule has 0 aromatic heterocycles. The highest BCUT2D eigenvalue weighted by Gasteiger charge is 2.36. The Morgan fingerprint density at radius 1 is 1.33 bits per heavy atom. The highest BCUT2D eigenvalue weighted by atomic mass is 16.2. The molecule has 0 radical (unpaired) electrons. The normalized spacial score (nSPS) is 39.9. The summed E-state index contributed by atoms with van der Waals surface area (Å²) in [5, 5.41) is 3.14. The molecule has 2 rings (SSSR count). The van der Waals surface area contributed by atoms with Crippen LogP contribution in [-0.4, -0.2) is 18.5 Å². The fourth-order valence-electron chi connectivity index (χ4n) is 2.48. The van der Waals surface area contributed by atoms with Gasteiger partial charge in [-0.1, -0.05) is 6.92 Å². The summed E-state index contributed by atoms with van der Waals surface area (Å²) in [6.45, 7) is 2.98. The van der Waals surface area contributed by atoms with Gasteiger partial charge in [-0.2, -0.15) is 0 Å². The van der Waals surface area contributed by atoms with Gasteiger partial charge in [0, 0.05) is 12.0 Å². The molecule has 3 nitrogen and oxygen atoms in total. The average molecular weight is 210 g/mol. The summed E-state index contributed by atoms with van der Waals surface area (Å²) >= 11 is 0. The van der Waals surface area contributed by atoms with Crippen molar-refractivity contribution in [2.24, 2.45) is 23.5 Å². The molecule has 0 spiro atoms. The van der Waals surface area contributed by atoms with Crippen LogP contribution in [0.15, 0.2) is 0 Å². The van der Waals surface area contributed by atoms with Crippen LogP contribution in [0.3, 0.4) is 0 Å².